The summed E-state index contributed by atoms with van der Waals surface area (Å²) >= 11 is 6.50. The van der Waals surface area contributed by atoms with Crippen molar-refractivity contribution in [2.75, 3.05) is 29.9 Å². The van der Waals surface area contributed by atoms with E-state index in [2.05, 4.69) is 10.3 Å². The lowest BCUT2D eigenvalue weighted by atomic mass is 9.98. The SMILES string of the molecule is Cc1ccc2c(c1)CC(F)CN2c1cc(Cl)c(NC(=O)CCN2CCCC2=O)c(C)n1. The quantitative estimate of drug-likeness (QED) is 0.745. The second-order valence-corrected chi connectivity index (χ2v) is 8.66. The molecule has 8 heteroatoms. The van der Waals surface area contributed by atoms with Gasteiger partial charge in [0, 0.05) is 44.1 Å². The van der Waals surface area contributed by atoms with Gasteiger partial charge >= 0.3 is 0 Å². The summed E-state index contributed by atoms with van der Waals surface area (Å²) in [5, 5.41) is 3.17. The van der Waals surface area contributed by atoms with Gasteiger partial charge < -0.3 is 15.1 Å². The van der Waals surface area contributed by atoms with Gasteiger partial charge in [0.15, 0.2) is 0 Å². The highest BCUT2D eigenvalue weighted by molar-refractivity contribution is 6.34. The molecule has 1 atom stereocenters. The number of aromatic nitrogens is 1. The van der Waals surface area contributed by atoms with Gasteiger partial charge in [0.1, 0.15) is 12.0 Å². The Labute approximate surface area is 186 Å². The standard InChI is InChI=1S/C23H26ClFN4O2/c1-14-5-6-19-16(10-14)11-17(25)13-29(19)20-12-18(24)23(15(2)26-20)27-21(30)7-9-28-8-3-4-22(28)31/h5-6,10,12,17H,3-4,7-9,11,13H2,1-2H3,(H,27,30). The van der Waals surface area contributed by atoms with E-state index in [4.69, 9.17) is 11.6 Å². The third kappa shape index (κ3) is 4.66. The van der Waals surface area contributed by atoms with Crippen molar-refractivity contribution in [3.05, 3.63) is 46.1 Å². The molecule has 1 aromatic carbocycles. The molecule has 6 nitrogen and oxygen atoms in total. The average molecular weight is 445 g/mol. The first-order chi connectivity index (χ1) is 14.8. The fourth-order valence-electron chi connectivity index (χ4n) is 4.24. The van der Waals surface area contributed by atoms with Crippen LogP contribution in [0.1, 0.15) is 36.1 Å². The second-order valence-electron chi connectivity index (χ2n) is 8.25. The van der Waals surface area contributed by atoms with Crippen molar-refractivity contribution in [3.8, 4) is 0 Å². The number of aryl methyl sites for hydroxylation is 2. The molecule has 0 saturated carbocycles. The number of anilines is 3. The molecular formula is C23H26ClFN4O2. The van der Waals surface area contributed by atoms with E-state index in [9.17, 15) is 14.0 Å². The van der Waals surface area contributed by atoms with Crippen LogP contribution in [-0.4, -0.2) is 47.5 Å². The van der Waals surface area contributed by atoms with Crippen molar-refractivity contribution < 1.29 is 14.0 Å². The van der Waals surface area contributed by atoms with Gasteiger partial charge in [-0.1, -0.05) is 29.3 Å². The molecule has 1 fully saturated rings. The summed E-state index contributed by atoms with van der Waals surface area (Å²) in [6.45, 7) is 5.06. The molecule has 0 radical (unpaired) electrons. The van der Waals surface area contributed by atoms with E-state index in [0.717, 1.165) is 23.2 Å². The van der Waals surface area contributed by atoms with E-state index >= 15 is 0 Å². The molecule has 1 unspecified atom stereocenters. The molecule has 2 aliphatic heterocycles. The van der Waals surface area contributed by atoms with Gasteiger partial charge in [0.2, 0.25) is 11.8 Å². The fraction of sp³-hybridized carbons (Fsp3) is 0.435. The minimum absolute atomic E-state index is 0.0937. The highest BCUT2D eigenvalue weighted by atomic mass is 35.5. The monoisotopic (exact) mass is 444 g/mol. The lowest BCUT2D eigenvalue weighted by Crippen LogP contribution is -2.33. The number of likely N-dealkylation sites (tertiary alicyclic amines) is 1. The molecule has 164 valence electrons. The third-order valence-electron chi connectivity index (χ3n) is 5.81. The molecule has 1 N–H and O–H groups in total. The van der Waals surface area contributed by atoms with Crippen LogP contribution in [0.15, 0.2) is 24.3 Å². The van der Waals surface area contributed by atoms with Crippen LogP contribution in [0.3, 0.4) is 0 Å². The van der Waals surface area contributed by atoms with E-state index in [-0.39, 0.29) is 24.8 Å². The fourth-order valence-corrected chi connectivity index (χ4v) is 4.52. The number of halogens is 2. The number of hydrogen-bond donors (Lipinski definition) is 1. The van der Waals surface area contributed by atoms with Crippen LogP contribution in [0, 0.1) is 13.8 Å². The highest BCUT2D eigenvalue weighted by Crippen LogP contribution is 2.37. The Balaban J connectivity index is 1.51. The minimum Gasteiger partial charge on any atom is -0.342 e. The Morgan fingerprint density at radius 3 is 2.84 bits per heavy atom. The predicted molar refractivity (Wildman–Crippen MR) is 120 cm³/mol. The van der Waals surface area contributed by atoms with Gasteiger partial charge in [-0.3, -0.25) is 9.59 Å². The van der Waals surface area contributed by atoms with Crippen LogP contribution >= 0.6 is 11.6 Å². The Kier molecular flexibility index (Phi) is 6.14. The van der Waals surface area contributed by atoms with Crippen molar-refractivity contribution in [2.45, 2.75) is 45.7 Å². The van der Waals surface area contributed by atoms with Gasteiger partial charge in [0.05, 0.1) is 22.9 Å². The zero-order chi connectivity index (χ0) is 22.1. The number of rotatable bonds is 5. The molecule has 2 aromatic rings. The Morgan fingerprint density at radius 1 is 1.32 bits per heavy atom. The van der Waals surface area contributed by atoms with Crippen molar-refractivity contribution in [1.82, 2.24) is 9.88 Å². The van der Waals surface area contributed by atoms with Gasteiger partial charge in [0.25, 0.3) is 0 Å². The number of fused-ring (bicyclic) bond motifs is 1. The van der Waals surface area contributed by atoms with Crippen LogP contribution < -0.4 is 10.2 Å². The van der Waals surface area contributed by atoms with Crippen molar-refractivity contribution in [3.63, 3.8) is 0 Å². The molecule has 1 aromatic heterocycles. The highest BCUT2D eigenvalue weighted by Gasteiger charge is 2.27. The Hall–Kier alpha value is -2.67. The zero-order valence-electron chi connectivity index (χ0n) is 17.8. The summed E-state index contributed by atoms with van der Waals surface area (Å²) in [5.41, 5.74) is 3.96. The van der Waals surface area contributed by atoms with E-state index in [1.54, 1.807) is 17.9 Å². The maximum absolute atomic E-state index is 14.4. The Morgan fingerprint density at radius 2 is 2.13 bits per heavy atom. The van der Waals surface area contributed by atoms with Gasteiger partial charge in [-0.05, 0) is 31.9 Å². The zero-order valence-corrected chi connectivity index (χ0v) is 18.5. The average Bonchev–Trinajstić information content (AvgIpc) is 3.12. The number of benzene rings is 1. The summed E-state index contributed by atoms with van der Waals surface area (Å²) in [4.78, 5) is 32.3. The number of amides is 2. The molecule has 1 saturated heterocycles. The first kappa shape index (κ1) is 21.6. The number of alkyl halides is 1. The van der Waals surface area contributed by atoms with Crippen LogP contribution in [0.2, 0.25) is 5.02 Å². The molecule has 31 heavy (non-hydrogen) atoms. The first-order valence-electron chi connectivity index (χ1n) is 10.6. The number of carbonyl (C=O) groups is 2. The molecule has 3 heterocycles. The largest absolute Gasteiger partial charge is 0.342 e. The summed E-state index contributed by atoms with van der Waals surface area (Å²) in [6, 6.07) is 7.65. The summed E-state index contributed by atoms with van der Waals surface area (Å²) in [5.74, 6) is 0.425. The van der Waals surface area contributed by atoms with Crippen LogP contribution in [0.4, 0.5) is 21.6 Å². The number of hydrogen-bond acceptors (Lipinski definition) is 4. The van der Waals surface area contributed by atoms with Crippen LogP contribution in [0.5, 0.6) is 0 Å². The predicted octanol–water partition coefficient (Wildman–Crippen LogP) is 4.34. The van der Waals surface area contributed by atoms with E-state index in [1.807, 2.05) is 30.0 Å². The number of nitrogens with one attached hydrogen (secondary N) is 1. The lowest BCUT2D eigenvalue weighted by Gasteiger charge is -2.33. The number of carbonyl (C=O) groups excluding carboxylic acids is 2. The van der Waals surface area contributed by atoms with Crippen molar-refractivity contribution >= 4 is 40.6 Å². The first-order valence-corrected chi connectivity index (χ1v) is 11.0. The molecule has 0 spiro atoms. The molecule has 2 amide bonds. The maximum atomic E-state index is 14.4. The van der Waals surface area contributed by atoms with Crippen LogP contribution in [-0.2, 0) is 16.0 Å². The van der Waals surface area contributed by atoms with Gasteiger partial charge in [-0.25, -0.2) is 9.37 Å². The molecule has 2 aliphatic rings. The number of nitrogens with zero attached hydrogens (tertiary/aromatic N) is 3. The van der Waals surface area contributed by atoms with Gasteiger partial charge in [-0.2, -0.15) is 0 Å². The molecule has 0 aliphatic carbocycles. The Bertz CT molecular complexity index is 1010. The number of pyridine rings is 1. The molecule has 4 rings (SSSR count). The van der Waals surface area contributed by atoms with Crippen molar-refractivity contribution in [2.24, 2.45) is 0 Å². The normalized spacial score (nSPS) is 18.3. The maximum Gasteiger partial charge on any atom is 0.226 e. The molecular weight excluding hydrogens is 419 g/mol. The molecule has 0 bridgehead atoms. The summed E-state index contributed by atoms with van der Waals surface area (Å²) in [7, 11) is 0. The van der Waals surface area contributed by atoms with Crippen LogP contribution in [0.25, 0.3) is 0 Å². The minimum atomic E-state index is -0.997. The lowest BCUT2D eigenvalue weighted by molar-refractivity contribution is -0.128. The van der Waals surface area contributed by atoms with E-state index in [1.165, 1.54) is 0 Å². The van der Waals surface area contributed by atoms with E-state index in [0.29, 0.717) is 48.2 Å². The van der Waals surface area contributed by atoms with Gasteiger partial charge in [-0.15, -0.1) is 0 Å². The summed E-state index contributed by atoms with van der Waals surface area (Å²) in [6.07, 6.45) is 0.981. The van der Waals surface area contributed by atoms with E-state index < -0.39 is 6.17 Å². The van der Waals surface area contributed by atoms with Crippen molar-refractivity contribution in [1.29, 1.82) is 0 Å². The summed E-state index contributed by atoms with van der Waals surface area (Å²) < 4.78 is 14.4. The smallest absolute Gasteiger partial charge is 0.226 e. The topological polar surface area (TPSA) is 65.5 Å². The second kappa shape index (κ2) is 8.83. The third-order valence-corrected chi connectivity index (χ3v) is 6.11.